The lowest BCUT2D eigenvalue weighted by molar-refractivity contribution is -0.148. The average Bonchev–Trinajstić information content (AvgIpc) is 3.04. The van der Waals surface area contributed by atoms with Gasteiger partial charge in [-0.2, -0.15) is 13.2 Å². The molecule has 0 spiro atoms. The number of aliphatic hydroxyl groups is 1. The molecule has 21 heavy (non-hydrogen) atoms. The maximum atomic E-state index is 12.8. The third kappa shape index (κ3) is 2.77. The van der Waals surface area contributed by atoms with Gasteiger partial charge in [-0.3, -0.25) is 4.90 Å². The second-order valence-corrected chi connectivity index (χ2v) is 5.76. The van der Waals surface area contributed by atoms with E-state index in [1.807, 2.05) is 4.90 Å². The standard InChI is InChI=1S/C12H17F3N4O2/c13-12(14,15)10-17-16-9-5-18(2-3-19(9)10)6-11(7-20)1-4-21-8-11/h20H,1-8H2. The Hall–Kier alpha value is -1.19. The molecule has 1 unspecified atom stereocenters. The van der Waals surface area contributed by atoms with Crippen LogP contribution >= 0.6 is 0 Å². The van der Waals surface area contributed by atoms with Gasteiger partial charge in [0.05, 0.1) is 19.8 Å². The Morgan fingerprint density at radius 2 is 2.10 bits per heavy atom. The number of hydrogen-bond donors (Lipinski definition) is 1. The fraction of sp³-hybridized carbons (Fsp3) is 0.833. The number of nitrogens with zero attached hydrogens (tertiary/aromatic N) is 4. The number of alkyl halides is 3. The van der Waals surface area contributed by atoms with Crippen LogP contribution < -0.4 is 0 Å². The fourth-order valence-corrected chi connectivity index (χ4v) is 2.98. The predicted octanol–water partition coefficient (Wildman–Crippen LogP) is 0.511. The summed E-state index contributed by atoms with van der Waals surface area (Å²) in [4.78, 5) is 2.01. The fourth-order valence-electron chi connectivity index (χ4n) is 2.98. The van der Waals surface area contributed by atoms with E-state index >= 15 is 0 Å². The van der Waals surface area contributed by atoms with Gasteiger partial charge in [0.25, 0.3) is 0 Å². The highest BCUT2D eigenvalue weighted by molar-refractivity contribution is 5.03. The maximum absolute atomic E-state index is 12.8. The first-order valence-corrected chi connectivity index (χ1v) is 6.84. The lowest BCUT2D eigenvalue weighted by atomic mass is 9.87. The molecular weight excluding hydrogens is 289 g/mol. The Morgan fingerprint density at radius 1 is 1.29 bits per heavy atom. The van der Waals surface area contributed by atoms with Gasteiger partial charge in [-0.25, -0.2) is 0 Å². The molecule has 1 saturated heterocycles. The molecule has 0 aromatic carbocycles. The van der Waals surface area contributed by atoms with Crippen LogP contribution in [-0.4, -0.2) is 57.7 Å². The first kappa shape index (κ1) is 14.7. The van der Waals surface area contributed by atoms with Crippen LogP contribution in [0.4, 0.5) is 13.2 Å². The lowest BCUT2D eigenvalue weighted by Gasteiger charge is -2.35. The van der Waals surface area contributed by atoms with Crippen molar-refractivity contribution >= 4 is 0 Å². The monoisotopic (exact) mass is 306 g/mol. The molecule has 0 aliphatic carbocycles. The minimum Gasteiger partial charge on any atom is -0.396 e. The zero-order valence-electron chi connectivity index (χ0n) is 11.4. The van der Waals surface area contributed by atoms with E-state index in [0.717, 1.165) is 11.0 Å². The van der Waals surface area contributed by atoms with Crippen LogP contribution in [0.5, 0.6) is 0 Å². The van der Waals surface area contributed by atoms with Gasteiger partial charge >= 0.3 is 6.18 Å². The van der Waals surface area contributed by atoms with E-state index < -0.39 is 12.0 Å². The molecule has 1 aromatic rings. The number of ether oxygens (including phenoxy) is 1. The molecule has 1 N–H and O–H groups in total. The summed E-state index contributed by atoms with van der Waals surface area (Å²) in [6.07, 6.45) is -3.71. The summed E-state index contributed by atoms with van der Waals surface area (Å²) in [5.41, 5.74) is -0.310. The quantitative estimate of drug-likeness (QED) is 0.882. The molecular formula is C12H17F3N4O2. The van der Waals surface area contributed by atoms with E-state index in [1.165, 1.54) is 0 Å². The summed E-state index contributed by atoms with van der Waals surface area (Å²) in [6, 6.07) is 0. The Balaban J connectivity index is 1.72. The van der Waals surface area contributed by atoms with Crippen molar-refractivity contribution in [2.24, 2.45) is 5.41 Å². The third-order valence-corrected chi connectivity index (χ3v) is 4.17. The molecule has 3 heterocycles. The minimum absolute atomic E-state index is 0.0178. The summed E-state index contributed by atoms with van der Waals surface area (Å²) in [5, 5.41) is 16.5. The molecule has 0 amide bonds. The molecule has 1 atom stereocenters. The molecule has 2 aliphatic rings. The van der Waals surface area contributed by atoms with Crippen LogP contribution in [0.1, 0.15) is 18.1 Å². The van der Waals surface area contributed by atoms with Gasteiger partial charge < -0.3 is 14.4 Å². The Bertz CT molecular complexity index is 511. The van der Waals surface area contributed by atoms with Crippen LogP contribution in [0.2, 0.25) is 0 Å². The van der Waals surface area contributed by atoms with Gasteiger partial charge in [0, 0.05) is 31.7 Å². The molecule has 118 valence electrons. The summed E-state index contributed by atoms with van der Waals surface area (Å²) in [6.45, 7) is 2.71. The van der Waals surface area contributed by atoms with Crippen molar-refractivity contribution in [1.82, 2.24) is 19.7 Å². The maximum Gasteiger partial charge on any atom is 0.451 e. The van der Waals surface area contributed by atoms with Crippen LogP contribution in [0.25, 0.3) is 0 Å². The first-order chi connectivity index (χ1) is 9.93. The Labute approximate surface area is 119 Å². The topological polar surface area (TPSA) is 63.4 Å². The van der Waals surface area contributed by atoms with Gasteiger partial charge in [0.2, 0.25) is 5.82 Å². The number of aliphatic hydroxyl groups excluding tert-OH is 1. The van der Waals surface area contributed by atoms with Crippen molar-refractivity contribution < 1.29 is 23.0 Å². The third-order valence-electron chi connectivity index (χ3n) is 4.17. The van der Waals surface area contributed by atoms with Crippen LogP contribution in [0.3, 0.4) is 0 Å². The van der Waals surface area contributed by atoms with Crippen LogP contribution in [0.15, 0.2) is 0 Å². The molecule has 0 radical (unpaired) electrons. The van der Waals surface area contributed by atoms with Crippen molar-refractivity contribution in [3.63, 3.8) is 0 Å². The van der Waals surface area contributed by atoms with Crippen molar-refractivity contribution in [1.29, 1.82) is 0 Å². The number of rotatable bonds is 3. The second-order valence-electron chi connectivity index (χ2n) is 5.76. The summed E-state index contributed by atoms with van der Waals surface area (Å²) < 4.78 is 44.8. The molecule has 3 rings (SSSR count). The van der Waals surface area contributed by atoms with E-state index in [9.17, 15) is 18.3 Å². The van der Waals surface area contributed by atoms with Crippen LogP contribution in [-0.2, 0) is 24.0 Å². The molecule has 1 fully saturated rings. The molecule has 9 heteroatoms. The van der Waals surface area contributed by atoms with Crippen LogP contribution in [0, 0.1) is 5.41 Å². The molecule has 0 bridgehead atoms. The van der Waals surface area contributed by atoms with Gasteiger partial charge in [0.15, 0.2) is 0 Å². The highest BCUT2D eigenvalue weighted by atomic mass is 19.4. The number of aromatic nitrogens is 3. The zero-order valence-corrected chi connectivity index (χ0v) is 11.4. The second kappa shape index (κ2) is 5.22. The summed E-state index contributed by atoms with van der Waals surface area (Å²) in [7, 11) is 0. The smallest absolute Gasteiger partial charge is 0.396 e. The lowest BCUT2D eigenvalue weighted by Crippen LogP contribution is -2.44. The van der Waals surface area contributed by atoms with Crippen molar-refractivity contribution in [3.8, 4) is 0 Å². The Kier molecular flexibility index (Phi) is 3.66. The largest absolute Gasteiger partial charge is 0.451 e. The zero-order chi connectivity index (χ0) is 15.1. The minimum atomic E-state index is -4.47. The molecule has 6 nitrogen and oxygen atoms in total. The number of hydrogen-bond acceptors (Lipinski definition) is 5. The van der Waals surface area contributed by atoms with Gasteiger partial charge in [-0.1, -0.05) is 0 Å². The van der Waals surface area contributed by atoms with Gasteiger partial charge in [0.1, 0.15) is 5.82 Å². The molecule has 1 aromatic heterocycles. The van der Waals surface area contributed by atoms with Crippen molar-refractivity contribution in [2.75, 3.05) is 32.9 Å². The van der Waals surface area contributed by atoms with E-state index in [-0.39, 0.29) is 18.6 Å². The van der Waals surface area contributed by atoms with E-state index in [2.05, 4.69) is 10.2 Å². The highest BCUT2D eigenvalue weighted by Crippen LogP contribution is 2.32. The predicted molar refractivity (Wildman–Crippen MR) is 65.3 cm³/mol. The number of halogens is 3. The molecule has 0 saturated carbocycles. The van der Waals surface area contributed by atoms with Gasteiger partial charge in [-0.05, 0) is 6.42 Å². The van der Waals surface area contributed by atoms with E-state index in [4.69, 9.17) is 4.74 Å². The average molecular weight is 306 g/mol. The van der Waals surface area contributed by atoms with Crippen molar-refractivity contribution in [3.05, 3.63) is 11.6 Å². The van der Waals surface area contributed by atoms with E-state index in [0.29, 0.717) is 38.7 Å². The Morgan fingerprint density at radius 3 is 2.71 bits per heavy atom. The first-order valence-electron chi connectivity index (χ1n) is 6.84. The summed E-state index contributed by atoms with van der Waals surface area (Å²) in [5.74, 6) is -0.612. The normalized spacial score (nSPS) is 27.0. The SMILES string of the molecule is OCC1(CN2CCn3c(nnc3C(F)(F)F)C2)CCOC1. The molecule has 2 aliphatic heterocycles. The van der Waals surface area contributed by atoms with Crippen molar-refractivity contribution in [2.45, 2.75) is 25.7 Å². The number of fused-ring (bicyclic) bond motifs is 1. The summed E-state index contributed by atoms with van der Waals surface area (Å²) >= 11 is 0. The highest BCUT2D eigenvalue weighted by Gasteiger charge is 2.41. The van der Waals surface area contributed by atoms with Gasteiger partial charge in [-0.15, -0.1) is 10.2 Å². The van der Waals surface area contributed by atoms with E-state index in [1.54, 1.807) is 0 Å².